The molecule has 2 heterocycles. The Bertz CT molecular complexity index is 829. The lowest BCUT2D eigenvalue weighted by Crippen LogP contribution is -2.37. The zero-order valence-electron chi connectivity index (χ0n) is 15.2. The van der Waals surface area contributed by atoms with Gasteiger partial charge in [0.05, 0.1) is 12.8 Å². The Labute approximate surface area is 160 Å². The number of methoxy groups -OCH3 is 1. The second-order valence-electron chi connectivity index (χ2n) is 6.34. The lowest BCUT2D eigenvalue weighted by atomic mass is 10.2. The highest BCUT2D eigenvalue weighted by Crippen LogP contribution is 2.30. The summed E-state index contributed by atoms with van der Waals surface area (Å²) in [4.78, 5) is 18.4. The molecule has 1 unspecified atom stereocenters. The van der Waals surface area contributed by atoms with Gasteiger partial charge in [-0.25, -0.2) is 4.98 Å². The van der Waals surface area contributed by atoms with Gasteiger partial charge in [-0.1, -0.05) is 12.1 Å². The van der Waals surface area contributed by atoms with Gasteiger partial charge in [-0.15, -0.1) is 0 Å². The van der Waals surface area contributed by atoms with E-state index in [1.54, 1.807) is 7.11 Å². The zero-order chi connectivity index (χ0) is 20.1. The SMILES string of the molecule is COc1ccccc1N1CCC(NC(=O)c2cccnc2OCC(F)(F)F)C1. The van der Waals surface area contributed by atoms with Gasteiger partial charge in [-0.3, -0.25) is 4.79 Å². The summed E-state index contributed by atoms with van der Waals surface area (Å²) >= 11 is 0. The Hall–Kier alpha value is -2.97. The van der Waals surface area contributed by atoms with Crippen molar-refractivity contribution in [2.45, 2.75) is 18.6 Å². The number of pyridine rings is 1. The van der Waals surface area contributed by atoms with Gasteiger partial charge in [0.25, 0.3) is 5.91 Å². The molecule has 1 aliphatic heterocycles. The van der Waals surface area contributed by atoms with Crippen molar-refractivity contribution in [2.24, 2.45) is 0 Å². The number of para-hydroxylation sites is 2. The predicted molar refractivity (Wildman–Crippen MR) is 96.9 cm³/mol. The molecule has 2 aromatic rings. The quantitative estimate of drug-likeness (QED) is 0.815. The lowest BCUT2D eigenvalue weighted by Gasteiger charge is -2.21. The third-order valence-electron chi connectivity index (χ3n) is 4.34. The number of ether oxygens (including phenoxy) is 2. The van der Waals surface area contributed by atoms with Gasteiger partial charge in [-0.2, -0.15) is 13.2 Å². The number of nitrogens with zero attached hydrogens (tertiary/aromatic N) is 2. The third-order valence-corrected chi connectivity index (χ3v) is 4.34. The van der Waals surface area contributed by atoms with E-state index in [1.807, 2.05) is 24.3 Å². The fraction of sp³-hybridized carbons (Fsp3) is 0.368. The molecule has 1 fully saturated rings. The molecule has 6 nitrogen and oxygen atoms in total. The summed E-state index contributed by atoms with van der Waals surface area (Å²) < 4.78 is 47.2. The highest BCUT2D eigenvalue weighted by atomic mass is 19.4. The number of nitrogens with one attached hydrogen (secondary N) is 1. The van der Waals surface area contributed by atoms with Crippen molar-refractivity contribution in [2.75, 3.05) is 31.7 Å². The highest BCUT2D eigenvalue weighted by Gasteiger charge is 2.30. The van der Waals surface area contributed by atoms with Gasteiger partial charge >= 0.3 is 6.18 Å². The summed E-state index contributed by atoms with van der Waals surface area (Å²) in [6.45, 7) is -0.226. The number of anilines is 1. The van der Waals surface area contributed by atoms with E-state index >= 15 is 0 Å². The van der Waals surface area contributed by atoms with Gasteiger partial charge in [0.15, 0.2) is 6.61 Å². The van der Waals surface area contributed by atoms with Crippen LogP contribution in [0.3, 0.4) is 0 Å². The number of carbonyl (C=O) groups is 1. The number of hydrogen-bond donors (Lipinski definition) is 1. The van der Waals surface area contributed by atoms with Crippen LogP contribution in [0.25, 0.3) is 0 Å². The van der Waals surface area contributed by atoms with Crippen molar-refractivity contribution in [1.82, 2.24) is 10.3 Å². The van der Waals surface area contributed by atoms with Crippen molar-refractivity contribution in [1.29, 1.82) is 0 Å². The lowest BCUT2D eigenvalue weighted by molar-refractivity contribution is -0.154. The molecule has 28 heavy (non-hydrogen) atoms. The third kappa shape index (κ3) is 4.85. The fourth-order valence-corrected chi connectivity index (χ4v) is 3.08. The topological polar surface area (TPSA) is 63.7 Å². The molecule has 1 aromatic carbocycles. The molecular formula is C19H20F3N3O3. The minimum atomic E-state index is -4.51. The van der Waals surface area contributed by atoms with E-state index in [4.69, 9.17) is 4.74 Å². The molecule has 0 aliphatic carbocycles. The number of alkyl halides is 3. The summed E-state index contributed by atoms with van der Waals surface area (Å²) in [5.41, 5.74) is 0.903. The average molecular weight is 395 g/mol. The normalized spacial score (nSPS) is 16.7. The van der Waals surface area contributed by atoms with Crippen LogP contribution in [0.4, 0.5) is 18.9 Å². The highest BCUT2D eigenvalue weighted by molar-refractivity contribution is 5.96. The number of hydrogen-bond acceptors (Lipinski definition) is 5. The summed E-state index contributed by atoms with van der Waals surface area (Å²) in [5, 5.41) is 2.85. The first kappa shape index (κ1) is 19.8. The molecule has 1 amide bonds. The molecule has 0 saturated carbocycles. The summed E-state index contributed by atoms with van der Waals surface area (Å²) in [5.74, 6) is -0.112. The molecule has 1 atom stereocenters. The van der Waals surface area contributed by atoms with E-state index in [0.29, 0.717) is 13.0 Å². The minimum Gasteiger partial charge on any atom is -0.495 e. The number of halogens is 3. The van der Waals surface area contributed by atoms with Gasteiger partial charge in [0.1, 0.15) is 11.3 Å². The van der Waals surface area contributed by atoms with E-state index in [0.717, 1.165) is 18.0 Å². The number of benzene rings is 1. The van der Waals surface area contributed by atoms with Crippen LogP contribution in [0.15, 0.2) is 42.6 Å². The second kappa shape index (κ2) is 8.37. The van der Waals surface area contributed by atoms with E-state index in [9.17, 15) is 18.0 Å². The van der Waals surface area contributed by atoms with E-state index < -0.39 is 18.7 Å². The summed E-state index contributed by atoms with van der Waals surface area (Å²) in [6, 6.07) is 10.3. The van der Waals surface area contributed by atoms with Crippen LogP contribution in [0.5, 0.6) is 11.6 Å². The van der Waals surface area contributed by atoms with E-state index in [2.05, 4.69) is 19.9 Å². The van der Waals surface area contributed by atoms with Crippen molar-refractivity contribution in [3.8, 4) is 11.6 Å². The van der Waals surface area contributed by atoms with Crippen LogP contribution >= 0.6 is 0 Å². The second-order valence-corrected chi connectivity index (χ2v) is 6.34. The maximum Gasteiger partial charge on any atom is 0.422 e. The van der Waals surface area contributed by atoms with Gasteiger partial charge < -0.3 is 19.7 Å². The molecule has 1 saturated heterocycles. The molecular weight excluding hydrogens is 375 g/mol. The molecule has 9 heteroatoms. The van der Waals surface area contributed by atoms with Crippen LogP contribution in [0, 0.1) is 0 Å². The number of rotatable bonds is 6. The van der Waals surface area contributed by atoms with Crippen molar-refractivity contribution >= 4 is 11.6 Å². The van der Waals surface area contributed by atoms with Gasteiger partial charge in [0.2, 0.25) is 5.88 Å². The molecule has 0 spiro atoms. The molecule has 0 radical (unpaired) electrons. The summed E-state index contributed by atoms with van der Waals surface area (Å²) in [6.07, 6.45) is -2.53. The van der Waals surface area contributed by atoms with Crippen molar-refractivity contribution < 1.29 is 27.4 Å². The van der Waals surface area contributed by atoms with Gasteiger partial charge in [0, 0.05) is 25.3 Å². The van der Waals surface area contributed by atoms with E-state index in [-0.39, 0.29) is 17.5 Å². The maximum atomic E-state index is 12.6. The Morgan fingerprint density at radius 1 is 1.29 bits per heavy atom. The first-order chi connectivity index (χ1) is 13.4. The molecule has 3 rings (SSSR count). The number of carbonyl (C=O) groups excluding carboxylic acids is 1. The molecule has 1 aliphatic rings. The average Bonchev–Trinajstić information content (AvgIpc) is 3.14. The Balaban J connectivity index is 1.65. The fourth-order valence-electron chi connectivity index (χ4n) is 3.08. The Morgan fingerprint density at radius 2 is 2.07 bits per heavy atom. The predicted octanol–water partition coefficient (Wildman–Crippen LogP) is 3.04. The minimum absolute atomic E-state index is 0.0255. The van der Waals surface area contributed by atoms with Gasteiger partial charge in [-0.05, 0) is 30.7 Å². The van der Waals surface area contributed by atoms with Crippen molar-refractivity contribution in [3.63, 3.8) is 0 Å². The number of aromatic nitrogens is 1. The Kier molecular flexibility index (Phi) is 5.91. The first-order valence-corrected chi connectivity index (χ1v) is 8.71. The number of amides is 1. The standard InChI is InChI=1S/C19H20F3N3O3/c1-27-16-7-3-2-6-15(16)25-10-8-13(11-25)24-17(26)14-5-4-9-23-18(14)28-12-19(20,21)22/h2-7,9,13H,8,10-12H2,1H3,(H,24,26). The maximum absolute atomic E-state index is 12.6. The molecule has 1 N–H and O–H groups in total. The smallest absolute Gasteiger partial charge is 0.422 e. The van der Waals surface area contributed by atoms with Crippen molar-refractivity contribution in [3.05, 3.63) is 48.2 Å². The van der Waals surface area contributed by atoms with Crippen LogP contribution in [-0.4, -0.2) is 49.9 Å². The molecule has 150 valence electrons. The van der Waals surface area contributed by atoms with Crippen LogP contribution < -0.4 is 19.7 Å². The first-order valence-electron chi connectivity index (χ1n) is 8.71. The Morgan fingerprint density at radius 3 is 2.82 bits per heavy atom. The molecule has 0 bridgehead atoms. The largest absolute Gasteiger partial charge is 0.495 e. The van der Waals surface area contributed by atoms with Crippen LogP contribution in [0.1, 0.15) is 16.8 Å². The molecule has 1 aromatic heterocycles. The van der Waals surface area contributed by atoms with Crippen LogP contribution in [0.2, 0.25) is 0 Å². The van der Waals surface area contributed by atoms with Crippen LogP contribution in [-0.2, 0) is 0 Å². The zero-order valence-corrected chi connectivity index (χ0v) is 15.2. The monoisotopic (exact) mass is 395 g/mol. The summed E-state index contributed by atoms with van der Waals surface area (Å²) in [7, 11) is 1.60. The van der Waals surface area contributed by atoms with E-state index in [1.165, 1.54) is 18.3 Å².